The van der Waals surface area contributed by atoms with Gasteiger partial charge in [0.1, 0.15) is 5.75 Å². The lowest BCUT2D eigenvalue weighted by Gasteiger charge is -2.17. The van der Waals surface area contributed by atoms with Gasteiger partial charge in [-0.25, -0.2) is 4.57 Å². The maximum Gasteiger partial charge on any atom is 0.257 e. The van der Waals surface area contributed by atoms with Crippen LogP contribution in [0.5, 0.6) is 5.75 Å². The first-order valence-corrected chi connectivity index (χ1v) is 16.3. The number of carbonyl (C=O) groups excluding carboxylic acids is 1. The highest BCUT2D eigenvalue weighted by atomic mass is 32.2. The summed E-state index contributed by atoms with van der Waals surface area (Å²) in [6, 6.07) is 8.94. The minimum Gasteiger partial charge on any atom is -0.494 e. The summed E-state index contributed by atoms with van der Waals surface area (Å²) in [7, 11) is 0. The van der Waals surface area contributed by atoms with Crippen LogP contribution < -0.4 is 15.6 Å². The van der Waals surface area contributed by atoms with Gasteiger partial charge in [0.05, 0.1) is 24.4 Å². The average molecular weight is 564 g/mol. The fourth-order valence-electron chi connectivity index (χ4n) is 5.31. The third-order valence-electron chi connectivity index (χ3n) is 7.57. The molecule has 0 bridgehead atoms. The molecule has 1 atom stereocenters. The second-order valence-corrected chi connectivity index (χ2v) is 11.9. The zero-order valence-corrected chi connectivity index (χ0v) is 24.9. The highest BCUT2D eigenvalue weighted by Gasteiger charge is 2.24. The summed E-state index contributed by atoms with van der Waals surface area (Å²) in [6.45, 7) is 5.40. The first-order valence-electron chi connectivity index (χ1n) is 15.2. The van der Waals surface area contributed by atoms with Crippen LogP contribution in [0.25, 0.3) is 10.9 Å². The lowest BCUT2D eigenvalue weighted by Crippen LogP contribution is -2.26. The number of aliphatic imine (C=N–C) groups is 1. The summed E-state index contributed by atoms with van der Waals surface area (Å²) in [6.07, 6.45) is 18.2. The first-order chi connectivity index (χ1) is 19.7. The van der Waals surface area contributed by atoms with Gasteiger partial charge in [0.25, 0.3) is 5.56 Å². The fourth-order valence-corrected chi connectivity index (χ4v) is 6.46. The minimum absolute atomic E-state index is 0.129. The number of aromatic nitrogens is 1. The molecule has 1 N–H and O–H groups in total. The number of hydrogen-bond donors (Lipinski definition) is 1. The van der Waals surface area contributed by atoms with E-state index in [1.807, 2.05) is 30.0 Å². The maximum absolute atomic E-state index is 13.0. The third kappa shape index (κ3) is 8.93. The van der Waals surface area contributed by atoms with Crippen LogP contribution >= 0.6 is 11.8 Å². The molecule has 0 amide bonds. The zero-order chi connectivity index (χ0) is 28.0. The lowest BCUT2D eigenvalue weighted by molar-refractivity contribution is 0.0900. The minimum atomic E-state index is -0.271. The number of ether oxygens (including phenoxy) is 1. The number of nitrogens with one attached hydrogen (secondary N) is 1. The van der Waals surface area contributed by atoms with Gasteiger partial charge in [0, 0.05) is 36.1 Å². The van der Waals surface area contributed by atoms with Gasteiger partial charge < -0.3 is 10.1 Å². The van der Waals surface area contributed by atoms with Gasteiger partial charge in [0.2, 0.25) is 5.91 Å². The molecule has 7 heteroatoms. The standard InChI is InChI=1S/C33H45N3O3S/c1-2-3-4-5-6-7-8-14-32(37)36-30-25-27(17-15-26(30)16-18-33(36)38)39-23-10-9-20-34-21-22-35-29-12-11-13-31-28(29)19-24-40-31/h11-12,15-19,25,31,34H,2-10,13-14,20-24H2,1H3. The van der Waals surface area contributed by atoms with E-state index in [1.54, 1.807) is 6.07 Å². The Hall–Kier alpha value is -2.64. The summed E-state index contributed by atoms with van der Waals surface area (Å²) < 4.78 is 7.32. The molecule has 1 unspecified atom stereocenters. The Morgan fingerprint density at radius 2 is 1.88 bits per heavy atom. The Labute approximate surface area is 243 Å². The lowest BCUT2D eigenvalue weighted by atomic mass is 9.98. The molecule has 2 aromatic rings. The van der Waals surface area contributed by atoms with Crippen LogP contribution in [0.4, 0.5) is 0 Å². The number of nitrogens with zero attached hydrogens (tertiary/aromatic N) is 2. The van der Waals surface area contributed by atoms with Crippen LogP contribution in [0.1, 0.15) is 82.3 Å². The van der Waals surface area contributed by atoms with E-state index < -0.39 is 0 Å². The highest BCUT2D eigenvalue weighted by molar-refractivity contribution is 8.00. The molecule has 40 heavy (non-hydrogen) atoms. The molecule has 2 heterocycles. The number of hydrogen-bond acceptors (Lipinski definition) is 6. The van der Waals surface area contributed by atoms with Crippen molar-refractivity contribution in [1.29, 1.82) is 0 Å². The first kappa shape index (κ1) is 30.3. The second-order valence-electron chi connectivity index (χ2n) is 10.7. The van der Waals surface area contributed by atoms with Crippen molar-refractivity contribution in [3.63, 3.8) is 0 Å². The van der Waals surface area contributed by atoms with Crippen LogP contribution in [-0.2, 0) is 0 Å². The number of pyridine rings is 1. The van der Waals surface area contributed by atoms with Crippen molar-refractivity contribution in [2.45, 2.75) is 82.8 Å². The van der Waals surface area contributed by atoms with Crippen LogP contribution in [0, 0.1) is 0 Å². The number of unbranched alkanes of at least 4 members (excludes halogenated alkanes) is 7. The monoisotopic (exact) mass is 563 g/mol. The Morgan fingerprint density at radius 1 is 1.05 bits per heavy atom. The fraction of sp³-hybridized carbons (Fsp3) is 0.545. The predicted molar refractivity (Wildman–Crippen MR) is 169 cm³/mol. The molecule has 6 nitrogen and oxygen atoms in total. The number of thioether (sulfide) groups is 1. The molecule has 1 aliphatic carbocycles. The largest absolute Gasteiger partial charge is 0.494 e. The van der Waals surface area contributed by atoms with Gasteiger partial charge in [-0.15, -0.1) is 11.8 Å². The van der Waals surface area contributed by atoms with Gasteiger partial charge >= 0.3 is 0 Å². The molecular formula is C33H45N3O3S. The van der Waals surface area contributed by atoms with E-state index in [4.69, 9.17) is 9.73 Å². The highest BCUT2D eigenvalue weighted by Crippen LogP contribution is 2.33. The molecule has 0 spiro atoms. The summed E-state index contributed by atoms with van der Waals surface area (Å²) >= 11 is 2.01. The molecule has 0 fully saturated rings. The zero-order valence-electron chi connectivity index (χ0n) is 24.0. The molecular weight excluding hydrogens is 518 g/mol. The van der Waals surface area contributed by atoms with Gasteiger partial charge in [-0.3, -0.25) is 14.6 Å². The van der Waals surface area contributed by atoms with Crippen molar-refractivity contribution in [3.8, 4) is 5.75 Å². The number of benzene rings is 1. The van der Waals surface area contributed by atoms with Crippen LogP contribution in [0.3, 0.4) is 0 Å². The van der Waals surface area contributed by atoms with Crippen LogP contribution in [0.15, 0.2) is 63.9 Å². The van der Waals surface area contributed by atoms with Crippen LogP contribution in [0.2, 0.25) is 0 Å². The van der Waals surface area contributed by atoms with Crippen molar-refractivity contribution >= 4 is 34.3 Å². The summed E-state index contributed by atoms with van der Waals surface area (Å²) in [5, 5.41) is 4.96. The van der Waals surface area contributed by atoms with Crippen molar-refractivity contribution in [2.24, 2.45) is 4.99 Å². The molecule has 0 saturated heterocycles. The summed E-state index contributed by atoms with van der Waals surface area (Å²) in [5.41, 5.74) is 2.95. The molecule has 0 saturated carbocycles. The second kappa shape index (κ2) is 16.6. The SMILES string of the molecule is CCCCCCCCCC(=O)n1c(=O)ccc2ccc(OCCCCNCCN=C3C=CCC4SCC=C34)cc21. The predicted octanol–water partition coefficient (Wildman–Crippen LogP) is 6.97. The molecule has 2 aliphatic rings. The van der Waals surface area contributed by atoms with Gasteiger partial charge in [-0.05, 0) is 67.5 Å². The molecule has 1 aliphatic heterocycles. The average Bonchev–Trinajstić information content (AvgIpc) is 3.45. The number of rotatable bonds is 17. The number of fused-ring (bicyclic) bond motifs is 2. The van der Waals surface area contributed by atoms with E-state index in [0.29, 0.717) is 29.5 Å². The van der Waals surface area contributed by atoms with Crippen LogP contribution in [-0.4, -0.2) is 53.4 Å². The van der Waals surface area contributed by atoms with Gasteiger partial charge in [0.15, 0.2) is 0 Å². The van der Waals surface area contributed by atoms with E-state index in [2.05, 4.69) is 30.5 Å². The Balaban J connectivity index is 1.17. The molecule has 216 valence electrons. The number of carbonyl (C=O) groups is 1. The normalized spacial score (nSPS) is 17.4. The Kier molecular flexibility index (Phi) is 12.6. The Bertz CT molecular complexity index is 1260. The maximum atomic E-state index is 13.0. The quantitative estimate of drug-likeness (QED) is 0.210. The van der Waals surface area contributed by atoms with Crippen molar-refractivity contribution in [1.82, 2.24) is 9.88 Å². The van der Waals surface area contributed by atoms with Gasteiger partial charge in [-0.2, -0.15) is 0 Å². The molecule has 1 aromatic carbocycles. The Morgan fingerprint density at radius 3 is 2.75 bits per heavy atom. The molecule has 1 aromatic heterocycles. The molecule has 0 radical (unpaired) electrons. The van der Waals surface area contributed by atoms with Gasteiger partial charge in [-0.1, -0.05) is 57.6 Å². The third-order valence-corrected chi connectivity index (χ3v) is 8.78. The van der Waals surface area contributed by atoms with Crippen molar-refractivity contribution in [3.05, 3.63) is 64.5 Å². The van der Waals surface area contributed by atoms with E-state index in [-0.39, 0.29) is 11.5 Å². The summed E-state index contributed by atoms with van der Waals surface area (Å²) in [5.74, 6) is 1.67. The topological polar surface area (TPSA) is 72.7 Å². The van der Waals surface area contributed by atoms with Crippen molar-refractivity contribution in [2.75, 3.05) is 32.0 Å². The molecule has 4 rings (SSSR count). The smallest absolute Gasteiger partial charge is 0.257 e. The van der Waals surface area contributed by atoms with E-state index in [9.17, 15) is 9.59 Å². The van der Waals surface area contributed by atoms with E-state index >= 15 is 0 Å². The van der Waals surface area contributed by atoms with E-state index in [0.717, 1.165) is 75.0 Å². The summed E-state index contributed by atoms with van der Waals surface area (Å²) in [4.78, 5) is 30.4. The van der Waals surface area contributed by atoms with E-state index in [1.165, 1.54) is 41.9 Å². The number of allylic oxidation sites excluding steroid dienone is 2. The van der Waals surface area contributed by atoms with Crippen molar-refractivity contribution < 1.29 is 9.53 Å².